The van der Waals surface area contributed by atoms with Gasteiger partial charge in [0.15, 0.2) is 5.69 Å². The number of anilines is 1. The van der Waals surface area contributed by atoms with Gasteiger partial charge in [-0.2, -0.15) is 0 Å². The first-order valence-electron chi connectivity index (χ1n) is 3.86. The van der Waals surface area contributed by atoms with Crippen LogP contribution in [0, 0.1) is 0 Å². The van der Waals surface area contributed by atoms with Gasteiger partial charge in [-0.05, 0) is 7.05 Å². The fourth-order valence-corrected chi connectivity index (χ4v) is 0.759. The summed E-state index contributed by atoms with van der Waals surface area (Å²) >= 11 is 0. The number of nitrogens with two attached hydrogens (primary N) is 1. The summed E-state index contributed by atoms with van der Waals surface area (Å²) in [4.78, 5) is 17.1. The first kappa shape index (κ1) is 9.53. The van der Waals surface area contributed by atoms with Gasteiger partial charge in [0, 0.05) is 6.54 Å². The van der Waals surface area contributed by atoms with Gasteiger partial charge in [-0.15, -0.1) is 0 Å². The molecule has 0 aromatic carbocycles. The quantitative estimate of drug-likeness (QED) is 0.519. The van der Waals surface area contributed by atoms with Crippen LogP contribution >= 0.6 is 0 Å². The number of H-pyrrole nitrogens is 1. The maximum atomic E-state index is 11.0. The van der Waals surface area contributed by atoms with Crippen molar-refractivity contribution in [2.24, 2.45) is 0 Å². The maximum absolute atomic E-state index is 11.0. The number of aromatic amines is 1. The lowest BCUT2D eigenvalue weighted by atomic mass is 10.5. The zero-order valence-electron chi connectivity index (χ0n) is 7.33. The van der Waals surface area contributed by atoms with Crippen molar-refractivity contribution in [2.75, 3.05) is 25.9 Å². The standard InChI is InChI=1S/C7H12N4O2/c1-9-2-3-13-7-5(8)6(12)10-4-11-7/h4,9H,2-3,8H2,1H3,(H,10,11,12). The molecule has 0 atom stereocenters. The lowest BCUT2D eigenvalue weighted by Crippen LogP contribution is -2.19. The molecule has 0 fully saturated rings. The molecule has 1 aromatic heterocycles. The predicted octanol–water partition coefficient (Wildman–Crippen LogP) is -1.05. The van der Waals surface area contributed by atoms with Crippen LogP contribution in [-0.2, 0) is 0 Å². The number of rotatable bonds is 4. The van der Waals surface area contributed by atoms with Crippen LogP contribution in [0.4, 0.5) is 5.69 Å². The zero-order valence-corrected chi connectivity index (χ0v) is 7.33. The summed E-state index contributed by atoms with van der Waals surface area (Å²) in [5.74, 6) is 0.180. The van der Waals surface area contributed by atoms with E-state index >= 15 is 0 Å². The van der Waals surface area contributed by atoms with E-state index in [2.05, 4.69) is 15.3 Å². The molecule has 0 saturated heterocycles. The molecule has 1 rings (SSSR count). The number of nitrogens with zero attached hydrogens (tertiary/aromatic N) is 1. The van der Waals surface area contributed by atoms with E-state index in [1.165, 1.54) is 6.33 Å². The second-order valence-electron chi connectivity index (χ2n) is 2.40. The number of nitrogens with one attached hydrogen (secondary N) is 2. The van der Waals surface area contributed by atoms with Crippen molar-refractivity contribution in [3.05, 3.63) is 16.7 Å². The minimum atomic E-state index is -0.380. The van der Waals surface area contributed by atoms with Gasteiger partial charge in [-0.1, -0.05) is 0 Å². The molecule has 0 aliphatic heterocycles. The van der Waals surface area contributed by atoms with Gasteiger partial charge in [0.1, 0.15) is 6.61 Å². The van der Waals surface area contributed by atoms with Crippen molar-refractivity contribution >= 4 is 5.69 Å². The fraction of sp³-hybridized carbons (Fsp3) is 0.429. The Bertz CT molecular complexity index is 323. The summed E-state index contributed by atoms with van der Waals surface area (Å²) in [6.07, 6.45) is 1.26. The summed E-state index contributed by atoms with van der Waals surface area (Å²) in [6, 6.07) is 0. The molecule has 72 valence electrons. The molecule has 4 N–H and O–H groups in total. The number of ether oxygens (including phenoxy) is 1. The Labute approximate surface area is 75.1 Å². The normalized spacial score (nSPS) is 9.92. The van der Waals surface area contributed by atoms with E-state index in [4.69, 9.17) is 10.5 Å². The molecule has 0 unspecified atom stereocenters. The van der Waals surface area contributed by atoms with E-state index in [0.29, 0.717) is 13.2 Å². The summed E-state index contributed by atoms with van der Waals surface area (Å²) in [6.45, 7) is 1.10. The molecule has 1 aromatic rings. The van der Waals surface area contributed by atoms with Gasteiger partial charge < -0.3 is 20.8 Å². The third kappa shape index (κ3) is 2.45. The number of aromatic nitrogens is 2. The van der Waals surface area contributed by atoms with E-state index in [9.17, 15) is 4.79 Å². The molecule has 6 nitrogen and oxygen atoms in total. The van der Waals surface area contributed by atoms with Crippen molar-refractivity contribution in [3.8, 4) is 5.88 Å². The molecule has 0 aliphatic rings. The Hall–Kier alpha value is -1.56. The van der Waals surface area contributed by atoms with Gasteiger partial charge in [0.2, 0.25) is 5.88 Å². The Morgan fingerprint density at radius 3 is 3.23 bits per heavy atom. The van der Waals surface area contributed by atoms with Crippen molar-refractivity contribution < 1.29 is 4.74 Å². The van der Waals surface area contributed by atoms with Gasteiger partial charge in [0.05, 0.1) is 6.33 Å². The largest absolute Gasteiger partial charge is 0.475 e. The lowest BCUT2D eigenvalue weighted by Gasteiger charge is -2.05. The highest BCUT2D eigenvalue weighted by atomic mass is 16.5. The minimum absolute atomic E-state index is 0.0126. The molecule has 0 aliphatic carbocycles. The highest BCUT2D eigenvalue weighted by molar-refractivity contribution is 5.44. The Morgan fingerprint density at radius 1 is 1.77 bits per heavy atom. The third-order valence-corrected chi connectivity index (χ3v) is 1.44. The topological polar surface area (TPSA) is 93.0 Å². The van der Waals surface area contributed by atoms with Crippen LogP contribution in [0.25, 0.3) is 0 Å². The third-order valence-electron chi connectivity index (χ3n) is 1.44. The minimum Gasteiger partial charge on any atom is -0.475 e. The van der Waals surface area contributed by atoms with Crippen LogP contribution < -0.4 is 21.3 Å². The van der Waals surface area contributed by atoms with Crippen LogP contribution in [0.2, 0.25) is 0 Å². The molecule has 0 saturated carbocycles. The smallest absolute Gasteiger partial charge is 0.277 e. The average molecular weight is 184 g/mol. The Balaban J connectivity index is 2.66. The van der Waals surface area contributed by atoms with Gasteiger partial charge >= 0.3 is 0 Å². The molecule has 0 radical (unpaired) electrons. The Kier molecular flexibility index (Phi) is 3.27. The zero-order chi connectivity index (χ0) is 9.68. The maximum Gasteiger partial charge on any atom is 0.277 e. The van der Waals surface area contributed by atoms with E-state index < -0.39 is 0 Å². The Morgan fingerprint density at radius 2 is 2.54 bits per heavy atom. The van der Waals surface area contributed by atoms with Crippen molar-refractivity contribution in [3.63, 3.8) is 0 Å². The monoisotopic (exact) mass is 184 g/mol. The second kappa shape index (κ2) is 4.46. The van der Waals surface area contributed by atoms with E-state index in [-0.39, 0.29) is 17.1 Å². The molecule has 13 heavy (non-hydrogen) atoms. The molecule has 1 heterocycles. The van der Waals surface area contributed by atoms with Crippen LogP contribution in [0.1, 0.15) is 0 Å². The van der Waals surface area contributed by atoms with Gasteiger partial charge in [0.25, 0.3) is 5.56 Å². The molecular formula is C7H12N4O2. The number of hydrogen-bond donors (Lipinski definition) is 3. The number of nitrogen functional groups attached to an aromatic ring is 1. The summed E-state index contributed by atoms with van der Waals surface area (Å²) < 4.78 is 5.14. The highest BCUT2D eigenvalue weighted by Crippen LogP contribution is 2.09. The van der Waals surface area contributed by atoms with E-state index in [1.807, 2.05) is 0 Å². The van der Waals surface area contributed by atoms with Crippen LogP contribution in [0.15, 0.2) is 11.1 Å². The highest BCUT2D eigenvalue weighted by Gasteiger charge is 2.04. The van der Waals surface area contributed by atoms with Gasteiger partial charge in [-0.25, -0.2) is 4.98 Å². The molecule has 0 amide bonds. The van der Waals surface area contributed by atoms with E-state index in [0.717, 1.165) is 0 Å². The summed E-state index contributed by atoms with van der Waals surface area (Å²) in [5, 5.41) is 2.89. The van der Waals surface area contributed by atoms with Crippen molar-refractivity contribution in [2.45, 2.75) is 0 Å². The molecule has 0 spiro atoms. The second-order valence-corrected chi connectivity index (χ2v) is 2.40. The fourth-order valence-electron chi connectivity index (χ4n) is 0.759. The van der Waals surface area contributed by atoms with Crippen LogP contribution in [-0.4, -0.2) is 30.2 Å². The summed E-state index contributed by atoms with van der Waals surface area (Å²) in [5.41, 5.74) is 5.05. The SMILES string of the molecule is CNCCOc1nc[nH]c(=O)c1N. The van der Waals surface area contributed by atoms with Crippen molar-refractivity contribution in [1.29, 1.82) is 0 Å². The summed E-state index contributed by atoms with van der Waals surface area (Å²) in [7, 11) is 1.80. The van der Waals surface area contributed by atoms with Crippen molar-refractivity contribution in [1.82, 2.24) is 15.3 Å². The van der Waals surface area contributed by atoms with Crippen LogP contribution in [0.3, 0.4) is 0 Å². The number of likely N-dealkylation sites (N-methyl/N-ethyl adjacent to an activating group) is 1. The first-order chi connectivity index (χ1) is 6.25. The van der Waals surface area contributed by atoms with Gasteiger partial charge in [-0.3, -0.25) is 4.79 Å². The lowest BCUT2D eigenvalue weighted by molar-refractivity contribution is 0.307. The molecule has 0 bridgehead atoms. The number of hydrogen-bond acceptors (Lipinski definition) is 5. The molecule has 6 heteroatoms. The van der Waals surface area contributed by atoms with E-state index in [1.54, 1.807) is 7.05 Å². The first-order valence-corrected chi connectivity index (χ1v) is 3.86. The predicted molar refractivity (Wildman–Crippen MR) is 48.7 cm³/mol. The average Bonchev–Trinajstić information content (AvgIpc) is 2.13. The van der Waals surface area contributed by atoms with Crippen LogP contribution in [0.5, 0.6) is 5.88 Å². The molecular weight excluding hydrogens is 172 g/mol.